The Morgan fingerprint density at radius 3 is 2.31 bits per heavy atom. The van der Waals surface area contributed by atoms with Gasteiger partial charge >= 0.3 is 5.97 Å². The maximum atomic E-state index is 11.0. The summed E-state index contributed by atoms with van der Waals surface area (Å²) in [6.07, 6.45) is 12.6. The maximum Gasteiger partial charge on any atom is 0.303 e. The van der Waals surface area contributed by atoms with Gasteiger partial charge in [0.1, 0.15) is 5.78 Å². The number of benzene rings is 1. The van der Waals surface area contributed by atoms with Gasteiger partial charge < -0.3 is 10.8 Å². The van der Waals surface area contributed by atoms with Gasteiger partial charge in [-0.2, -0.15) is 0 Å². The fourth-order valence-corrected chi connectivity index (χ4v) is 4.99. The lowest BCUT2D eigenvalue weighted by Gasteiger charge is -2.41. The summed E-state index contributed by atoms with van der Waals surface area (Å²) in [6.45, 7) is 12.8. The summed E-state index contributed by atoms with van der Waals surface area (Å²) in [4.78, 5) is 21.2. The van der Waals surface area contributed by atoms with E-state index in [9.17, 15) is 9.59 Å². The molecule has 0 saturated carbocycles. The first-order valence-corrected chi connectivity index (χ1v) is 14.2. The monoisotopic (exact) mass is 539 g/mol. The molecule has 0 heterocycles. The molecule has 6 heteroatoms. The Hall–Kier alpha value is -1.62. The predicted octanol–water partition coefficient (Wildman–Crippen LogP) is 8.49. The molecule has 3 N–H and O–H groups in total. The van der Waals surface area contributed by atoms with Crippen molar-refractivity contribution in [3.8, 4) is 0 Å². The van der Waals surface area contributed by atoms with Gasteiger partial charge in [0.15, 0.2) is 0 Å². The number of carboxylic acid groups (broad SMARTS) is 1. The van der Waals surface area contributed by atoms with E-state index >= 15 is 0 Å². The van der Waals surface area contributed by atoms with Gasteiger partial charge in [-0.05, 0) is 54.9 Å². The van der Waals surface area contributed by atoms with E-state index in [1.807, 2.05) is 26.8 Å². The Morgan fingerprint density at radius 2 is 1.81 bits per heavy atom. The minimum absolute atomic E-state index is 0.0311. The second-order valence-corrected chi connectivity index (χ2v) is 10.1. The molecule has 1 aromatic carbocycles. The number of ketones is 1. The summed E-state index contributed by atoms with van der Waals surface area (Å²) >= 11 is 12.7. The number of aliphatic carboxylic acids is 1. The molecule has 0 fully saturated rings. The first kappa shape index (κ1) is 34.4. The molecule has 1 aliphatic rings. The first-order valence-electron chi connectivity index (χ1n) is 13.4. The Balaban J connectivity index is 0.000000746. The largest absolute Gasteiger partial charge is 0.481 e. The van der Waals surface area contributed by atoms with Crippen LogP contribution < -0.4 is 5.73 Å². The smallest absolute Gasteiger partial charge is 0.303 e. The lowest BCUT2D eigenvalue weighted by molar-refractivity contribution is -0.137. The van der Waals surface area contributed by atoms with Crippen molar-refractivity contribution >= 4 is 35.0 Å². The first-order chi connectivity index (χ1) is 17.1. The van der Waals surface area contributed by atoms with Crippen LogP contribution in [0.3, 0.4) is 0 Å². The van der Waals surface area contributed by atoms with Gasteiger partial charge in [-0.15, -0.1) is 11.6 Å². The zero-order valence-electron chi connectivity index (χ0n) is 23.0. The van der Waals surface area contributed by atoms with Crippen LogP contribution in [0.4, 0.5) is 0 Å². The average Bonchev–Trinajstić information content (AvgIpc) is 2.87. The molecule has 0 radical (unpaired) electrons. The topological polar surface area (TPSA) is 80.4 Å². The molecule has 4 nitrogen and oxygen atoms in total. The number of carboxylic acids is 1. The predicted molar refractivity (Wildman–Crippen MR) is 155 cm³/mol. The van der Waals surface area contributed by atoms with E-state index in [-0.39, 0.29) is 29.4 Å². The maximum absolute atomic E-state index is 11.0. The quantitative estimate of drug-likeness (QED) is 0.261. The van der Waals surface area contributed by atoms with E-state index in [0.29, 0.717) is 12.3 Å². The zero-order valence-corrected chi connectivity index (χ0v) is 24.5. The number of alkyl halides is 1. The summed E-state index contributed by atoms with van der Waals surface area (Å²) in [5.74, 6) is -0.373. The molecule has 2 rings (SSSR count). The van der Waals surface area contributed by atoms with Crippen LogP contribution in [0.15, 0.2) is 48.1 Å². The number of rotatable bonds is 12. The molecule has 1 aliphatic carbocycles. The Kier molecular flexibility index (Phi) is 17.8. The number of halogens is 2. The van der Waals surface area contributed by atoms with Crippen molar-refractivity contribution in [1.82, 2.24) is 0 Å². The molecule has 0 bridgehead atoms. The van der Waals surface area contributed by atoms with E-state index in [1.165, 1.54) is 24.0 Å². The molecule has 0 saturated heterocycles. The highest BCUT2D eigenvalue weighted by molar-refractivity contribution is 6.30. The van der Waals surface area contributed by atoms with Crippen LogP contribution in [-0.4, -0.2) is 28.3 Å². The Morgan fingerprint density at radius 1 is 1.14 bits per heavy atom. The van der Waals surface area contributed by atoms with E-state index in [4.69, 9.17) is 34.0 Å². The number of nitrogens with two attached hydrogens (primary N) is 1. The highest BCUT2D eigenvalue weighted by atomic mass is 35.5. The lowest BCUT2D eigenvalue weighted by Crippen LogP contribution is -2.34. The molecule has 1 aromatic rings. The number of hydrogen-bond acceptors (Lipinski definition) is 3. The fourth-order valence-electron chi connectivity index (χ4n) is 4.56. The normalized spacial score (nSPS) is 17.8. The highest BCUT2D eigenvalue weighted by Gasteiger charge is 2.37. The third-order valence-corrected chi connectivity index (χ3v) is 7.11. The zero-order chi connectivity index (χ0) is 27.7. The summed E-state index contributed by atoms with van der Waals surface area (Å²) in [7, 11) is 0. The van der Waals surface area contributed by atoms with Gasteiger partial charge in [-0.3, -0.25) is 9.59 Å². The third-order valence-electron chi connectivity index (χ3n) is 6.57. The standard InChI is InChI=1S/C20H26Cl2.C8H15NO3.C2H6/c1-4-8-15(5-2)20(3,16-9-6-11-18(21)13-16)17-10-7-12-19(22)14-17;1-2-3-7(10)6(9)4-5-8(11)12;1-2/h6-7,9-11,13-15,19H,4-5,8,12H2,1-3H3;6H,2-5,9H2,1H3,(H,11,12);1-2H3/t;6-;/m.0./s1. The number of allylic oxidation sites excluding steroid dienone is 4. The van der Waals surface area contributed by atoms with Gasteiger partial charge in [0.2, 0.25) is 0 Å². The van der Waals surface area contributed by atoms with Gasteiger partial charge in [0.25, 0.3) is 0 Å². The van der Waals surface area contributed by atoms with Gasteiger partial charge in [0, 0.05) is 23.3 Å². The van der Waals surface area contributed by atoms with Gasteiger partial charge in [-0.1, -0.05) is 96.3 Å². The molecular formula is C30H47Cl2NO3. The van der Waals surface area contributed by atoms with Crippen molar-refractivity contribution in [3.05, 3.63) is 58.7 Å². The second kappa shape index (κ2) is 18.6. The SMILES string of the molecule is CC.CCCC(=O)[C@@H](N)CCC(=O)O.CCCC(CC)C(C)(C1=CC(Cl)CC=C1)c1cccc(Cl)c1. The molecular weight excluding hydrogens is 493 g/mol. The van der Waals surface area contributed by atoms with Gasteiger partial charge in [0.05, 0.1) is 11.4 Å². The highest BCUT2D eigenvalue weighted by Crippen LogP contribution is 2.45. The number of carbonyl (C=O) groups excluding carboxylic acids is 1. The number of Topliss-reactive ketones (excluding diaryl/α,β-unsaturated/α-hetero) is 1. The van der Waals surface area contributed by atoms with Crippen LogP contribution in [0.2, 0.25) is 5.02 Å². The van der Waals surface area contributed by atoms with Crippen molar-refractivity contribution in [2.45, 2.75) is 110 Å². The van der Waals surface area contributed by atoms with Crippen molar-refractivity contribution in [3.63, 3.8) is 0 Å². The van der Waals surface area contributed by atoms with Crippen molar-refractivity contribution in [1.29, 1.82) is 0 Å². The van der Waals surface area contributed by atoms with Crippen LogP contribution in [0.5, 0.6) is 0 Å². The molecule has 4 atom stereocenters. The van der Waals surface area contributed by atoms with Crippen LogP contribution in [0, 0.1) is 5.92 Å². The molecule has 3 unspecified atom stereocenters. The molecule has 36 heavy (non-hydrogen) atoms. The van der Waals surface area contributed by atoms with Crippen LogP contribution >= 0.6 is 23.2 Å². The number of carbonyl (C=O) groups is 2. The third kappa shape index (κ3) is 11.2. The minimum Gasteiger partial charge on any atom is -0.481 e. The van der Waals surface area contributed by atoms with Crippen LogP contribution in [0.25, 0.3) is 0 Å². The summed E-state index contributed by atoms with van der Waals surface area (Å²) in [5, 5.41) is 9.21. The van der Waals surface area contributed by atoms with E-state index < -0.39 is 12.0 Å². The van der Waals surface area contributed by atoms with Crippen LogP contribution in [0.1, 0.15) is 98.5 Å². The Labute approximate surface area is 229 Å². The fraction of sp³-hybridized carbons (Fsp3) is 0.600. The van der Waals surface area contributed by atoms with E-state index in [1.54, 1.807) is 0 Å². The number of hydrogen-bond donors (Lipinski definition) is 2. The summed E-state index contributed by atoms with van der Waals surface area (Å²) in [6, 6.07) is 7.73. The van der Waals surface area contributed by atoms with E-state index in [0.717, 1.165) is 24.3 Å². The van der Waals surface area contributed by atoms with Crippen LogP contribution in [-0.2, 0) is 15.0 Å². The Bertz CT molecular complexity index is 852. The van der Waals surface area contributed by atoms with Crippen molar-refractivity contribution in [2.75, 3.05) is 0 Å². The molecule has 0 amide bonds. The van der Waals surface area contributed by atoms with Crippen molar-refractivity contribution < 1.29 is 14.7 Å². The van der Waals surface area contributed by atoms with Gasteiger partial charge in [-0.25, -0.2) is 0 Å². The molecule has 0 spiro atoms. The minimum atomic E-state index is -0.908. The summed E-state index contributed by atoms with van der Waals surface area (Å²) < 4.78 is 0. The molecule has 0 aromatic heterocycles. The molecule has 0 aliphatic heterocycles. The van der Waals surface area contributed by atoms with Crippen molar-refractivity contribution in [2.24, 2.45) is 11.7 Å². The lowest BCUT2D eigenvalue weighted by atomic mass is 9.63. The van der Waals surface area contributed by atoms with E-state index in [2.05, 4.69) is 57.2 Å². The molecule has 204 valence electrons. The average molecular weight is 541 g/mol. The summed E-state index contributed by atoms with van der Waals surface area (Å²) in [5.41, 5.74) is 8.02. The second-order valence-electron chi connectivity index (χ2n) is 9.14.